The number of amides is 1. The van der Waals surface area contributed by atoms with E-state index in [0.29, 0.717) is 38.4 Å². The number of carbonyl (C=O) groups is 1. The van der Waals surface area contributed by atoms with Crippen molar-refractivity contribution in [1.82, 2.24) is 14.5 Å². The van der Waals surface area contributed by atoms with Gasteiger partial charge in [-0.2, -0.15) is 0 Å². The van der Waals surface area contributed by atoms with E-state index in [1.165, 1.54) is 18.2 Å². The van der Waals surface area contributed by atoms with E-state index in [1.54, 1.807) is 29.2 Å². The van der Waals surface area contributed by atoms with Crippen LogP contribution in [0, 0.1) is 15.9 Å². The molecular formula is C24H24FN5O3. The van der Waals surface area contributed by atoms with Gasteiger partial charge < -0.3 is 14.4 Å². The molecule has 9 heteroatoms. The first-order valence-electron chi connectivity index (χ1n) is 11.1. The van der Waals surface area contributed by atoms with E-state index in [-0.39, 0.29) is 23.3 Å². The highest BCUT2D eigenvalue weighted by Crippen LogP contribution is 2.29. The van der Waals surface area contributed by atoms with Gasteiger partial charge in [-0.15, -0.1) is 0 Å². The zero-order chi connectivity index (χ0) is 22.9. The van der Waals surface area contributed by atoms with Gasteiger partial charge in [0.05, 0.1) is 4.92 Å². The molecule has 170 valence electrons. The van der Waals surface area contributed by atoms with Crippen LogP contribution >= 0.6 is 0 Å². The number of imidazole rings is 1. The number of hydrogen-bond donors (Lipinski definition) is 0. The lowest BCUT2D eigenvalue weighted by Crippen LogP contribution is -2.48. The molecule has 1 fully saturated rings. The van der Waals surface area contributed by atoms with E-state index < -0.39 is 4.92 Å². The maximum atomic E-state index is 13.6. The summed E-state index contributed by atoms with van der Waals surface area (Å²) in [6.07, 6.45) is 3.45. The number of rotatable bonds is 4. The number of non-ortho nitro benzene ring substituents is 1. The molecule has 0 radical (unpaired) electrons. The van der Waals surface area contributed by atoms with Gasteiger partial charge in [0.1, 0.15) is 17.3 Å². The summed E-state index contributed by atoms with van der Waals surface area (Å²) in [6, 6.07) is 13.2. The Kier molecular flexibility index (Phi) is 5.53. The number of nitro benzene ring substituents is 1. The Labute approximate surface area is 190 Å². The topological polar surface area (TPSA) is 84.5 Å². The summed E-state index contributed by atoms with van der Waals surface area (Å²) in [6.45, 7) is 3.11. The fourth-order valence-corrected chi connectivity index (χ4v) is 4.69. The average molecular weight is 449 g/mol. The predicted molar refractivity (Wildman–Crippen MR) is 121 cm³/mol. The number of benzene rings is 2. The Morgan fingerprint density at radius 1 is 1.09 bits per heavy atom. The van der Waals surface area contributed by atoms with Crippen LogP contribution < -0.4 is 4.90 Å². The summed E-state index contributed by atoms with van der Waals surface area (Å²) in [5.41, 5.74) is 2.41. The quantitative estimate of drug-likeness (QED) is 0.449. The van der Waals surface area contributed by atoms with E-state index in [2.05, 4.69) is 9.88 Å². The van der Waals surface area contributed by atoms with Gasteiger partial charge in [0.25, 0.3) is 11.6 Å². The van der Waals surface area contributed by atoms with Crippen molar-refractivity contribution < 1.29 is 14.1 Å². The highest BCUT2D eigenvalue weighted by molar-refractivity contribution is 5.92. The summed E-state index contributed by atoms with van der Waals surface area (Å²) in [4.78, 5) is 32.0. The molecule has 2 aromatic carbocycles. The molecule has 3 heterocycles. The number of halogens is 1. The fourth-order valence-electron chi connectivity index (χ4n) is 4.69. The van der Waals surface area contributed by atoms with E-state index in [4.69, 9.17) is 0 Å². The molecule has 8 nitrogen and oxygen atoms in total. The molecule has 33 heavy (non-hydrogen) atoms. The lowest BCUT2D eigenvalue weighted by Gasteiger charge is -2.35. The number of hydrogen-bond acceptors (Lipinski definition) is 5. The van der Waals surface area contributed by atoms with Gasteiger partial charge in [-0.25, -0.2) is 9.37 Å². The van der Waals surface area contributed by atoms with Gasteiger partial charge in [0.2, 0.25) is 0 Å². The molecule has 1 amide bonds. The highest BCUT2D eigenvalue weighted by Gasteiger charge is 2.27. The molecule has 1 unspecified atom stereocenters. The van der Waals surface area contributed by atoms with Crippen molar-refractivity contribution in [3.8, 4) is 0 Å². The Morgan fingerprint density at radius 2 is 1.85 bits per heavy atom. The first kappa shape index (κ1) is 21.1. The molecule has 3 aromatic rings. The van der Waals surface area contributed by atoms with Crippen LogP contribution in [0.15, 0.2) is 54.7 Å². The number of fused-ring (bicyclic) bond motifs is 1. The largest absolute Gasteiger partial charge is 0.368 e. The number of aromatic nitrogens is 2. The molecule has 1 saturated heterocycles. The van der Waals surface area contributed by atoms with Crippen LogP contribution in [0.25, 0.3) is 0 Å². The van der Waals surface area contributed by atoms with Gasteiger partial charge in [-0.1, -0.05) is 12.1 Å². The van der Waals surface area contributed by atoms with Crippen molar-refractivity contribution >= 4 is 17.3 Å². The summed E-state index contributed by atoms with van der Waals surface area (Å²) < 4.78 is 15.6. The van der Waals surface area contributed by atoms with Gasteiger partial charge in [-0.05, 0) is 36.2 Å². The third-order valence-electron chi connectivity index (χ3n) is 6.52. The molecular weight excluding hydrogens is 425 g/mol. The smallest absolute Gasteiger partial charge is 0.274 e. The van der Waals surface area contributed by atoms with Crippen LogP contribution in [0.5, 0.6) is 0 Å². The van der Waals surface area contributed by atoms with Crippen LogP contribution in [-0.4, -0.2) is 51.5 Å². The van der Waals surface area contributed by atoms with Crippen molar-refractivity contribution in [2.45, 2.75) is 25.3 Å². The second kappa shape index (κ2) is 8.65. The molecule has 0 aliphatic carbocycles. The van der Waals surface area contributed by atoms with Crippen molar-refractivity contribution in [1.29, 1.82) is 0 Å². The van der Waals surface area contributed by atoms with Gasteiger partial charge in [-0.3, -0.25) is 14.9 Å². The number of piperazine rings is 1. The first-order chi connectivity index (χ1) is 16.0. The highest BCUT2D eigenvalue weighted by atomic mass is 19.1. The Balaban J connectivity index is 1.22. The number of aryl methyl sites for hydroxylation is 1. The van der Waals surface area contributed by atoms with Crippen molar-refractivity contribution in [2.75, 3.05) is 31.1 Å². The first-order valence-corrected chi connectivity index (χ1v) is 11.1. The van der Waals surface area contributed by atoms with Gasteiger partial charge >= 0.3 is 0 Å². The average Bonchev–Trinajstić information content (AvgIpc) is 3.27. The van der Waals surface area contributed by atoms with Gasteiger partial charge in [0, 0.05) is 69.1 Å². The lowest BCUT2D eigenvalue weighted by atomic mass is 9.91. The summed E-state index contributed by atoms with van der Waals surface area (Å²) in [5, 5.41) is 10.8. The fraction of sp³-hybridized carbons (Fsp3) is 0.333. The van der Waals surface area contributed by atoms with Crippen molar-refractivity contribution in [3.63, 3.8) is 0 Å². The monoisotopic (exact) mass is 449 g/mol. The standard InChI is InChI=1S/C24H24FN5O3/c25-19-3-1-2-17(14-19)18-4-9-23-26-22(16-29(23)15-18)24(31)28-12-10-27(11-13-28)20-5-7-21(8-6-20)30(32)33/h1-3,5-8,14,16,18H,4,9-13,15H2. The van der Waals surface area contributed by atoms with E-state index >= 15 is 0 Å². The Hall–Kier alpha value is -3.75. The number of carbonyl (C=O) groups excluding carboxylic acids is 1. The van der Waals surface area contributed by atoms with E-state index in [1.807, 2.05) is 16.8 Å². The zero-order valence-corrected chi connectivity index (χ0v) is 18.1. The molecule has 0 N–H and O–H groups in total. The number of nitro groups is 1. The zero-order valence-electron chi connectivity index (χ0n) is 18.1. The van der Waals surface area contributed by atoms with Crippen molar-refractivity contribution in [3.05, 3.63) is 87.7 Å². The maximum absolute atomic E-state index is 13.6. The third-order valence-corrected chi connectivity index (χ3v) is 6.52. The van der Waals surface area contributed by atoms with E-state index in [9.17, 15) is 19.3 Å². The molecule has 2 aliphatic rings. The minimum absolute atomic E-state index is 0.0657. The third kappa shape index (κ3) is 4.30. The lowest BCUT2D eigenvalue weighted by molar-refractivity contribution is -0.384. The molecule has 1 aromatic heterocycles. The van der Waals surface area contributed by atoms with Crippen LogP contribution in [0.1, 0.15) is 34.2 Å². The molecule has 2 aliphatic heterocycles. The van der Waals surface area contributed by atoms with Crippen LogP contribution in [0.4, 0.5) is 15.8 Å². The van der Waals surface area contributed by atoms with E-state index in [0.717, 1.165) is 29.9 Å². The summed E-state index contributed by atoms with van der Waals surface area (Å²) in [7, 11) is 0. The maximum Gasteiger partial charge on any atom is 0.274 e. The molecule has 0 bridgehead atoms. The number of anilines is 1. The Bertz CT molecular complexity index is 1190. The normalized spacial score (nSPS) is 18.2. The van der Waals surface area contributed by atoms with Crippen LogP contribution in [-0.2, 0) is 13.0 Å². The van der Waals surface area contributed by atoms with Crippen LogP contribution in [0.2, 0.25) is 0 Å². The second-order valence-corrected chi connectivity index (χ2v) is 8.54. The summed E-state index contributed by atoms with van der Waals surface area (Å²) >= 11 is 0. The molecule has 5 rings (SSSR count). The summed E-state index contributed by atoms with van der Waals surface area (Å²) in [5.74, 6) is 0.793. The Morgan fingerprint density at radius 3 is 2.55 bits per heavy atom. The van der Waals surface area contributed by atoms with Crippen molar-refractivity contribution in [2.24, 2.45) is 0 Å². The molecule has 0 spiro atoms. The minimum atomic E-state index is -0.412. The SMILES string of the molecule is O=C(c1cn2c(n1)CCC(c1cccc(F)c1)C2)N1CCN(c2ccc([N+](=O)[O-])cc2)CC1. The van der Waals surface area contributed by atoms with Crippen LogP contribution in [0.3, 0.4) is 0 Å². The molecule has 1 atom stereocenters. The van der Waals surface area contributed by atoms with Gasteiger partial charge in [0.15, 0.2) is 0 Å². The molecule has 0 saturated carbocycles. The second-order valence-electron chi connectivity index (χ2n) is 8.54. The number of nitrogens with zero attached hydrogens (tertiary/aromatic N) is 5. The predicted octanol–water partition coefficient (Wildman–Crippen LogP) is 3.62. The minimum Gasteiger partial charge on any atom is -0.368 e.